The van der Waals surface area contributed by atoms with Gasteiger partial charge in [-0.1, -0.05) is 0 Å². The molecule has 114 valence electrons. The molecule has 1 atom stereocenters. The van der Waals surface area contributed by atoms with E-state index in [9.17, 15) is 4.79 Å². The Morgan fingerprint density at radius 2 is 2.13 bits per heavy atom. The Morgan fingerprint density at radius 1 is 1.30 bits per heavy atom. The molecule has 4 heterocycles. The molecule has 4 rings (SSSR count). The third-order valence-electron chi connectivity index (χ3n) is 4.07. The van der Waals surface area contributed by atoms with E-state index in [1.165, 1.54) is 0 Å². The lowest BCUT2D eigenvalue weighted by atomic mass is 10.1. The number of nitrogens with zero attached hydrogens (tertiary/aromatic N) is 7. The molecule has 3 aromatic heterocycles. The number of hydrogen-bond donors (Lipinski definition) is 0. The molecule has 1 unspecified atom stereocenters. The molecule has 0 N–H and O–H groups in total. The van der Waals surface area contributed by atoms with Gasteiger partial charge in [0.25, 0.3) is 0 Å². The Bertz CT molecular complexity index is 948. The number of amides is 1. The second-order valence-electron chi connectivity index (χ2n) is 5.41. The summed E-state index contributed by atoms with van der Waals surface area (Å²) in [6.45, 7) is 0.486. The lowest BCUT2D eigenvalue weighted by molar-refractivity contribution is -0.119. The fraction of sp³-hybridized carbons (Fsp3) is 0.267. The van der Waals surface area contributed by atoms with Gasteiger partial charge in [0.2, 0.25) is 5.91 Å². The maximum Gasteiger partial charge on any atom is 0.245 e. The van der Waals surface area contributed by atoms with Crippen LogP contribution < -0.4 is 4.90 Å². The third-order valence-corrected chi connectivity index (χ3v) is 4.07. The van der Waals surface area contributed by atoms with Crippen molar-refractivity contribution in [2.75, 3.05) is 11.4 Å². The third kappa shape index (κ3) is 1.97. The molecule has 0 aromatic carbocycles. The molecule has 1 fully saturated rings. The van der Waals surface area contributed by atoms with E-state index in [0.29, 0.717) is 24.5 Å². The van der Waals surface area contributed by atoms with Gasteiger partial charge in [-0.05, 0) is 18.6 Å². The average Bonchev–Trinajstić information content (AvgIpc) is 3.25. The zero-order valence-electron chi connectivity index (χ0n) is 12.4. The van der Waals surface area contributed by atoms with Crippen molar-refractivity contribution >= 4 is 17.2 Å². The summed E-state index contributed by atoms with van der Waals surface area (Å²) in [5, 5.41) is 17.5. The second kappa shape index (κ2) is 4.91. The predicted molar refractivity (Wildman–Crippen MR) is 81.3 cm³/mol. The molecule has 3 aromatic rings. The van der Waals surface area contributed by atoms with E-state index in [0.717, 1.165) is 11.2 Å². The zero-order chi connectivity index (χ0) is 16.0. The lowest BCUT2D eigenvalue weighted by Crippen LogP contribution is -2.28. The van der Waals surface area contributed by atoms with E-state index < -0.39 is 5.92 Å². The Balaban J connectivity index is 1.89. The van der Waals surface area contributed by atoms with Crippen molar-refractivity contribution in [3.63, 3.8) is 0 Å². The maximum absolute atomic E-state index is 12.4. The molecule has 1 amide bonds. The van der Waals surface area contributed by atoms with E-state index in [4.69, 9.17) is 5.26 Å². The molecule has 0 saturated carbocycles. The van der Waals surface area contributed by atoms with Gasteiger partial charge in [-0.25, -0.2) is 9.50 Å². The average molecular weight is 307 g/mol. The lowest BCUT2D eigenvalue weighted by Gasteiger charge is -2.17. The summed E-state index contributed by atoms with van der Waals surface area (Å²) in [5.74, 6) is -0.269. The molecule has 0 spiro atoms. The van der Waals surface area contributed by atoms with Gasteiger partial charge in [0.05, 0.1) is 24.2 Å². The van der Waals surface area contributed by atoms with Gasteiger partial charge < -0.3 is 0 Å². The Hall–Kier alpha value is -3.21. The van der Waals surface area contributed by atoms with Crippen molar-refractivity contribution in [2.45, 2.75) is 6.42 Å². The first-order valence-electron chi connectivity index (χ1n) is 7.23. The van der Waals surface area contributed by atoms with Crippen molar-refractivity contribution in [3.8, 4) is 17.5 Å². The number of rotatable bonds is 2. The Kier molecular flexibility index (Phi) is 2.87. The number of hydrogen-bond acceptors (Lipinski definition) is 5. The Labute approximate surface area is 131 Å². The highest BCUT2D eigenvalue weighted by molar-refractivity contribution is 6.01. The van der Waals surface area contributed by atoms with Crippen molar-refractivity contribution < 1.29 is 4.79 Å². The molecule has 0 aliphatic carbocycles. The summed E-state index contributed by atoms with van der Waals surface area (Å²) < 4.78 is 3.41. The second-order valence-corrected chi connectivity index (χ2v) is 5.41. The van der Waals surface area contributed by atoms with E-state index in [-0.39, 0.29) is 5.91 Å². The molecule has 0 radical (unpaired) electrons. The van der Waals surface area contributed by atoms with E-state index >= 15 is 0 Å². The summed E-state index contributed by atoms with van der Waals surface area (Å²) in [5.41, 5.74) is 2.24. The van der Waals surface area contributed by atoms with Gasteiger partial charge in [-0.3, -0.25) is 14.4 Å². The zero-order valence-corrected chi connectivity index (χ0v) is 12.4. The van der Waals surface area contributed by atoms with Crippen LogP contribution in [0.5, 0.6) is 0 Å². The van der Waals surface area contributed by atoms with Crippen molar-refractivity contribution in [1.82, 2.24) is 24.4 Å². The minimum absolute atomic E-state index is 0.203. The van der Waals surface area contributed by atoms with Crippen molar-refractivity contribution in [1.29, 1.82) is 5.26 Å². The fourth-order valence-corrected chi connectivity index (χ4v) is 2.87. The van der Waals surface area contributed by atoms with Crippen LogP contribution in [0, 0.1) is 17.2 Å². The molecule has 23 heavy (non-hydrogen) atoms. The number of nitriles is 1. The van der Waals surface area contributed by atoms with Crippen molar-refractivity contribution in [3.05, 3.63) is 30.7 Å². The number of fused-ring (bicyclic) bond motifs is 1. The summed E-state index contributed by atoms with van der Waals surface area (Å²) in [4.78, 5) is 18.6. The summed E-state index contributed by atoms with van der Waals surface area (Å²) in [6.07, 6.45) is 5.68. The van der Waals surface area contributed by atoms with Crippen LogP contribution >= 0.6 is 0 Å². The highest BCUT2D eigenvalue weighted by Gasteiger charge is 2.34. The number of carbonyl (C=O) groups excluding carboxylic acids is 1. The normalized spacial score (nSPS) is 17.8. The molecular weight excluding hydrogens is 294 g/mol. The maximum atomic E-state index is 12.4. The van der Waals surface area contributed by atoms with Gasteiger partial charge in [0.15, 0.2) is 5.82 Å². The van der Waals surface area contributed by atoms with Crippen LogP contribution in [-0.4, -0.2) is 36.8 Å². The number of anilines is 1. The molecule has 8 nitrogen and oxygen atoms in total. The molecule has 1 aliphatic heterocycles. The summed E-state index contributed by atoms with van der Waals surface area (Å²) >= 11 is 0. The van der Waals surface area contributed by atoms with Gasteiger partial charge in [0, 0.05) is 19.8 Å². The van der Waals surface area contributed by atoms with Crippen LogP contribution in [0.2, 0.25) is 0 Å². The number of carbonyl (C=O) groups is 1. The van der Waals surface area contributed by atoms with Crippen LogP contribution in [0.4, 0.5) is 5.82 Å². The minimum atomic E-state index is -0.597. The van der Waals surface area contributed by atoms with Crippen LogP contribution in [0.15, 0.2) is 30.7 Å². The smallest absolute Gasteiger partial charge is 0.245 e. The van der Waals surface area contributed by atoms with Crippen LogP contribution in [0.25, 0.3) is 16.9 Å². The topological polar surface area (TPSA) is 92.1 Å². The summed E-state index contributed by atoms with van der Waals surface area (Å²) in [7, 11) is 1.83. The monoisotopic (exact) mass is 307 g/mol. The van der Waals surface area contributed by atoms with Crippen LogP contribution in [0.3, 0.4) is 0 Å². The number of aromatic nitrogens is 5. The first-order chi connectivity index (χ1) is 11.2. The fourth-order valence-electron chi connectivity index (χ4n) is 2.87. The molecule has 8 heteroatoms. The quantitative estimate of drug-likeness (QED) is 0.704. The number of aryl methyl sites for hydroxylation is 1. The van der Waals surface area contributed by atoms with Gasteiger partial charge in [-0.15, -0.1) is 0 Å². The Morgan fingerprint density at radius 3 is 2.83 bits per heavy atom. The minimum Gasteiger partial charge on any atom is -0.294 e. The molecule has 0 bridgehead atoms. The van der Waals surface area contributed by atoms with E-state index in [1.807, 2.05) is 19.2 Å². The van der Waals surface area contributed by atoms with E-state index in [1.54, 1.807) is 32.7 Å². The molecular formula is C15H13N7O. The molecule has 1 saturated heterocycles. The SMILES string of the molecule is Cn1nccc1-c1cn2nccc2c(N2CCC(C#N)C2=O)n1. The van der Waals surface area contributed by atoms with Crippen LogP contribution in [0.1, 0.15) is 6.42 Å². The van der Waals surface area contributed by atoms with Gasteiger partial charge >= 0.3 is 0 Å². The predicted octanol–water partition coefficient (Wildman–Crippen LogP) is 1.01. The first kappa shape index (κ1) is 13.5. The largest absolute Gasteiger partial charge is 0.294 e. The van der Waals surface area contributed by atoms with E-state index in [2.05, 4.69) is 21.3 Å². The highest BCUT2D eigenvalue weighted by Crippen LogP contribution is 2.29. The highest BCUT2D eigenvalue weighted by atomic mass is 16.2. The summed E-state index contributed by atoms with van der Waals surface area (Å²) in [6, 6.07) is 5.71. The van der Waals surface area contributed by atoms with Gasteiger partial charge in [-0.2, -0.15) is 15.5 Å². The van der Waals surface area contributed by atoms with Crippen LogP contribution in [-0.2, 0) is 11.8 Å². The first-order valence-corrected chi connectivity index (χ1v) is 7.23. The van der Waals surface area contributed by atoms with Gasteiger partial charge in [0.1, 0.15) is 17.1 Å². The van der Waals surface area contributed by atoms with Crippen molar-refractivity contribution in [2.24, 2.45) is 13.0 Å². The standard InChI is InChI=1S/C15H13N7O/c1-20-12(2-5-17-20)11-9-22-13(3-6-18-22)14(19-11)21-7-4-10(8-16)15(21)23/h2-3,5-6,9-10H,4,7H2,1H3. The molecule has 1 aliphatic rings.